The third-order valence-electron chi connectivity index (χ3n) is 3.73. The summed E-state index contributed by atoms with van der Waals surface area (Å²) in [6.45, 7) is 0. The van der Waals surface area contributed by atoms with Crippen molar-refractivity contribution in [2.45, 2.75) is 18.9 Å². The summed E-state index contributed by atoms with van der Waals surface area (Å²) in [7, 11) is 1.69. The summed E-state index contributed by atoms with van der Waals surface area (Å²) in [4.78, 5) is 0. The van der Waals surface area contributed by atoms with Crippen molar-refractivity contribution in [3.05, 3.63) is 58.6 Å². The lowest BCUT2D eigenvalue weighted by Gasteiger charge is -2.20. The molecule has 104 valence electrons. The number of anilines is 1. The standard InChI is InChI=1S/C17H18BrNO/c1-20-16-11-14(9-10-15(16)18)19-17(13-7-8-13)12-5-3-2-4-6-12/h2-6,9-11,13,17,19H,7-8H2,1H3. The van der Waals surface area contributed by atoms with Crippen molar-refractivity contribution >= 4 is 21.6 Å². The Morgan fingerprint density at radius 3 is 2.55 bits per heavy atom. The van der Waals surface area contributed by atoms with Gasteiger partial charge in [-0.05, 0) is 52.4 Å². The molecule has 1 atom stereocenters. The topological polar surface area (TPSA) is 21.3 Å². The van der Waals surface area contributed by atoms with Crippen LogP contribution in [0.15, 0.2) is 53.0 Å². The SMILES string of the molecule is COc1cc(NC(c2ccccc2)C2CC2)ccc1Br. The third kappa shape index (κ3) is 2.98. The minimum Gasteiger partial charge on any atom is -0.495 e. The lowest BCUT2D eigenvalue weighted by atomic mass is 10.0. The second kappa shape index (κ2) is 5.88. The van der Waals surface area contributed by atoms with Gasteiger partial charge in [-0.3, -0.25) is 0 Å². The number of benzene rings is 2. The van der Waals surface area contributed by atoms with Gasteiger partial charge in [0.15, 0.2) is 0 Å². The summed E-state index contributed by atoms with van der Waals surface area (Å²) in [5.41, 5.74) is 2.46. The zero-order valence-electron chi connectivity index (χ0n) is 11.5. The molecule has 20 heavy (non-hydrogen) atoms. The smallest absolute Gasteiger partial charge is 0.135 e. The molecule has 3 rings (SSSR count). The predicted octanol–water partition coefficient (Wildman–Crippen LogP) is 5.02. The van der Waals surface area contributed by atoms with E-state index >= 15 is 0 Å². The van der Waals surface area contributed by atoms with Crippen molar-refractivity contribution < 1.29 is 4.74 Å². The van der Waals surface area contributed by atoms with Gasteiger partial charge >= 0.3 is 0 Å². The van der Waals surface area contributed by atoms with Crippen LogP contribution in [0, 0.1) is 5.92 Å². The van der Waals surface area contributed by atoms with Crippen molar-refractivity contribution in [2.75, 3.05) is 12.4 Å². The second-order valence-corrected chi connectivity index (χ2v) is 6.07. The molecular formula is C17H18BrNO. The van der Waals surface area contributed by atoms with Crippen LogP contribution in [0.3, 0.4) is 0 Å². The molecule has 1 saturated carbocycles. The minimum atomic E-state index is 0.391. The average molecular weight is 332 g/mol. The maximum absolute atomic E-state index is 5.36. The molecule has 3 heteroatoms. The van der Waals surface area contributed by atoms with Crippen LogP contribution in [0.1, 0.15) is 24.4 Å². The molecule has 1 unspecified atom stereocenters. The van der Waals surface area contributed by atoms with Crippen molar-refractivity contribution in [1.29, 1.82) is 0 Å². The van der Waals surface area contributed by atoms with Crippen molar-refractivity contribution in [2.24, 2.45) is 5.92 Å². The normalized spacial score (nSPS) is 15.7. The molecule has 0 saturated heterocycles. The van der Waals surface area contributed by atoms with Crippen LogP contribution in [-0.4, -0.2) is 7.11 Å². The highest BCUT2D eigenvalue weighted by atomic mass is 79.9. The summed E-state index contributed by atoms with van der Waals surface area (Å²) in [5.74, 6) is 1.60. The molecule has 2 aromatic carbocycles. The molecule has 1 aliphatic rings. The van der Waals surface area contributed by atoms with E-state index in [2.05, 4.69) is 57.6 Å². The average Bonchev–Trinajstić information content (AvgIpc) is 3.32. The Bertz CT molecular complexity index is 581. The molecular weight excluding hydrogens is 314 g/mol. The largest absolute Gasteiger partial charge is 0.495 e. The van der Waals surface area contributed by atoms with Crippen LogP contribution in [0.4, 0.5) is 5.69 Å². The number of methoxy groups -OCH3 is 1. The summed E-state index contributed by atoms with van der Waals surface area (Å²) in [6.07, 6.45) is 2.61. The van der Waals surface area contributed by atoms with Crippen LogP contribution in [-0.2, 0) is 0 Å². The Kier molecular flexibility index (Phi) is 3.97. The quantitative estimate of drug-likeness (QED) is 0.830. The molecule has 1 N–H and O–H groups in total. The molecule has 0 aliphatic heterocycles. The Hall–Kier alpha value is -1.48. The van der Waals surface area contributed by atoms with E-state index in [9.17, 15) is 0 Å². The first kappa shape index (κ1) is 13.5. The zero-order chi connectivity index (χ0) is 13.9. The van der Waals surface area contributed by atoms with E-state index in [1.54, 1.807) is 7.11 Å². The van der Waals surface area contributed by atoms with E-state index < -0.39 is 0 Å². The van der Waals surface area contributed by atoms with Crippen molar-refractivity contribution in [1.82, 2.24) is 0 Å². The molecule has 2 aromatic rings. The number of nitrogens with one attached hydrogen (secondary N) is 1. The maximum atomic E-state index is 5.36. The molecule has 0 amide bonds. The second-order valence-electron chi connectivity index (χ2n) is 5.22. The van der Waals surface area contributed by atoms with Gasteiger partial charge in [-0.15, -0.1) is 0 Å². The van der Waals surface area contributed by atoms with Gasteiger partial charge in [-0.2, -0.15) is 0 Å². The maximum Gasteiger partial charge on any atom is 0.135 e. The van der Waals surface area contributed by atoms with Gasteiger partial charge in [-0.25, -0.2) is 0 Å². The first-order chi connectivity index (χ1) is 9.78. The minimum absolute atomic E-state index is 0.391. The molecule has 1 fully saturated rings. The van der Waals surface area contributed by atoms with Gasteiger partial charge in [0, 0.05) is 11.8 Å². The van der Waals surface area contributed by atoms with Crippen LogP contribution < -0.4 is 10.1 Å². The molecule has 0 bridgehead atoms. The monoisotopic (exact) mass is 331 g/mol. The first-order valence-electron chi connectivity index (χ1n) is 6.93. The fraction of sp³-hybridized carbons (Fsp3) is 0.294. The zero-order valence-corrected chi connectivity index (χ0v) is 13.1. The highest BCUT2D eigenvalue weighted by molar-refractivity contribution is 9.10. The summed E-state index contributed by atoms with van der Waals surface area (Å²) in [6, 6.07) is 17.2. The highest BCUT2D eigenvalue weighted by Gasteiger charge is 2.32. The van der Waals surface area contributed by atoms with E-state index in [1.807, 2.05) is 12.1 Å². The van der Waals surface area contributed by atoms with Gasteiger partial charge in [0.05, 0.1) is 17.6 Å². The van der Waals surface area contributed by atoms with Crippen molar-refractivity contribution in [3.8, 4) is 5.75 Å². The fourth-order valence-electron chi connectivity index (χ4n) is 2.49. The first-order valence-corrected chi connectivity index (χ1v) is 7.72. The Balaban J connectivity index is 1.84. The molecule has 0 heterocycles. The Morgan fingerprint density at radius 2 is 1.90 bits per heavy atom. The Morgan fingerprint density at radius 1 is 1.15 bits per heavy atom. The molecule has 0 spiro atoms. The summed E-state index contributed by atoms with van der Waals surface area (Å²) < 4.78 is 6.34. The van der Waals surface area contributed by atoms with Gasteiger partial charge in [-0.1, -0.05) is 30.3 Å². The van der Waals surface area contributed by atoms with Gasteiger partial charge < -0.3 is 10.1 Å². The van der Waals surface area contributed by atoms with Crippen LogP contribution >= 0.6 is 15.9 Å². The van der Waals surface area contributed by atoms with E-state index in [0.717, 1.165) is 21.8 Å². The van der Waals surface area contributed by atoms with Crippen LogP contribution in [0.25, 0.3) is 0 Å². The van der Waals surface area contributed by atoms with E-state index in [-0.39, 0.29) is 0 Å². The van der Waals surface area contributed by atoms with E-state index in [0.29, 0.717) is 6.04 Å². The molecule has 1 aliphatic carbocycles. The number of ether oxygens (including phenoxy) is 1. The van der Waals surface area contributed by atoms with Crippen LogP contribution in [0.2, 0.25) is 0 Å². The van der Waals surface area contributed by atoms with Gasteiger partial charge in [0.1, 0.15) is 5.75 Å². The van der Waals surface area contributed by atoms with Crippen molar-refractivity contribution in [3.63, 3.8) is 0 Å². The predicted molar refractivity (Wildman–Crippen MR) is 86.2 cm³/mol. The van der Waals surface area contributed by atoms with Gasteiger partial charge in [0.25, 0.3) is 0 Å². The number of halogens is 1. The third-order valence-corrected chi connectivity index (χ3v) is 4.38. The number of hydrogen-bond donors (Lipinski definition) is 1. The fourth-order valence-corrected chi connectivity index (χ4v) is 2.90. The number of hydrogen-bond acceptors (Lipinski definition) is 2. The van der Waals surface area contributed by atoms with E-state index in [4.69, 9.17) is 4.74 Å². The van der Waals surface area contributed by atoms with Crippen LogP contribution in [0.5, 0.6) is 5.75 Å². The lowest BCUT2D eigenvalue weighted by molar-refractivity contribution is 0.412. The Labute approximate surface area is 128 Å². The highest BCUT2D eigenvalue weighted by Crippen LogP contribution is 2.43. The molecule has 0 aromatic heterocycles. The summed E-state index contributed by atoms with van der Waals surface area (Å²) in [5, 5.41) is 3.66. The molecule has 2 nitrogen and oxygen atoms in total. The summed E-state index contributed by atoms with van der Waals surface area (Å²) >= 11 is 3.49. The van der Waals surface area contributed by atoms with E-state index in [1.165, 1.54) is 18.4 Å². The van der Waals surface area contributed by atoms with Gasteiger partial charge in [0.2, 0.25) is 0 Å². The lowest BCUT2D eigenvalue weighted by Crippen LogP contribution is -2.12. The number of rotatable bonds is 5. The molecule has 0 radical (unpaired) electrons.